The topological polar surface area (TPSA) is 21.7 Å². The molecule has 160 valence electrons. The van der Waals surface area contributed by atoms with Gasteiger partial charge in [-0.25, -0.2) is 0 Å². The Balaban J connectivity index is 1.56. The van der Waals surface area contributed by atoms with E-state index in [2.05, 4.69) is 67.4 Å². The third-order valence-electron chi connectivity index (χ3n) is 8.35. The predicted molar refractivity (Wildman–Crippen MR) is 120 cm³/mol. The van der Waals surface area contributed by atoms with Crippen LogP contribution in [0, 0.1) is 17.3 Å². The van der Waals surface area contributed by atoms with Crippen LogP contribution in [0.3, 0.4) is 0 Å². The van der Waals surface area contributed by atoms with Crippen LogP contribution in [0.2, 0.25) is 0 Å². The van der Waals surface area contributed by atoms with Crippen molar-refractivity contribution in [2.75, 3.05) is 13.7 Å². The fourth-order valence-corrected chi connectivity index (χ4v) is 6.93. The van der Waals surface area contributed by atoms with E-state index in [0.717, 1.165) is 24.6 Å². The highest BCUT2D eigenvalue weighted by Crippen LogP contribution is 2.65. The molecule has 0 aromatic heterocycles. The van der Waals surface area contributed by atoms with Gasteiger partial charge in [-0.3, -0.25) is 4.84 Å². The molecule has 4 atom stereocenters. The largest absolute Gasteiger partial charge is 0.497 e. The highest BCUT2D eigenvalue weighted by Gasteiger charge is 2.64. The summed E-state index contributed by atoms with van der Waals surface area (Å²) in [6.07, 6.45) is 7.51. The first-order chi connectivity index (χ1) is 14.6. The molecular formula is C27H35NO2. The maximum Gasteiger partial charge on any atom is 0.119 e. The Morgan fingerprint density at radius 1 is 1.10 bits per heavy atom. The molecule has 2 bridgehead atoms. The van der Waals surface area contributed by atoms with E-state index in [0.29, 0.717) is 17.9 Å². The van der Waals surface area contributed by atoms with Crippen LogP contribution in [0.5, 0.6) is 5.75 Å². The van der Waals surface area contributed by atoms with Gasteiger partial charge in [-0.1, -0.05) is 56.7 Å². The molecular weight excluding hydrogens is 370 g/mol. The van der Waals surface area contributed by atoms with Gasteiger partial charge in [-0.15, -0.1) is 0 Å². The van der Waals surface area contributed by atoms with Crippen LogP contribution in [0.15, 0.2) is 48.5 Å². The molecule has 2 heterocycles. The number of aryl methyl sites for hydroxylation is 1. The highest BCUT2D eigenvalue weighted by atomic mass is 16.7. The second kappa shape index (κ2) is 7.69. The van der Waals surface area contributed by atoms with Gasteiger partial charge in [0, 0.05) is 6.54 Å². The van der Waals surface area contributed by atoms with Crippen LogP contribution in [-0.4, -0.2) is 18.7 Å². The minimum Gasteiger partial charge on any atom is -0.497 e. The minimum absolute atomic E-state index is 0.00618. The lowest BCUT2D eigenvalue weighted by atomic mass is 9.47. The Kier molecular flexibility index (Phi) is 5.15. The van der Waals surface area contributed by atoms with Gasteiger partial charge in [0.15, 0.2) is 0 Å². The van der Waals surface area contributed by atoms with Crippen LogP contribution in [0.4, 0.5) is 0 Å². The normalized spacial score (nSPS) is 32.5. The lowest BCUT2D eigenvalue weighted by Crippen LogP contribution is -2.68. The zero-order valence-corrected chi connectivity index (χ0v) is 18.7. The summed E-state index contributed by atoms with van der Waals surface area (Å²) in [7, 11) is 1.77. The first-order valence-corrected chi connectivity index (χ1v) is 11.7. The summed E-state index contributed by atoms with van der Waals surface area (Å²) in [4.78, 5) is 6.67. The fourth-order valence-electron chi connectivity index (χ4n) is 6.93. The standard InChI is InChI=1S/C27H35NO2/c1-4-8-24-25-13-11-21-17-22(29-3)12-14-23(21)27(25)16-15-26(24,2)19-28(27)30-18-20-9-6-5-7-10-20/h5-7,9-10,12,14,17,24-25H,4,8,11,13,15-16,18-19H2,1-3H3/t24-,25-,26+,27-/m0/s1. The lowest BCUT2D eigenvalue weighted by Gasteiger charge is -2.67. The van der Waals surface area contributed by atoms with Gasteiger partial charge in [0.2, 0.25) is 0 Å². The van der Waals surface area contributed by atoms with E-state index in [4.69, 9.17) is 9.57 Å². The third kappa shape index (κ3) is 3.01. The van der Waals surface area contributed by atoms with Crippen LogP contribution in [-0.2, 0) is 23.4 Å². The van der Waals surface area contributed by atoms with E-state index < -0.39 is 0 Å². The number of ether oxygens (including phenoxy) is 1. The summed E-state index contributed by atoms with van der Waals surface area (Å²) >= 11 is 0. The van der Waals surface area contributed by atoms with Crippen molar-refractivity contribution in [2.24, 2.45) is 17.3 Å². The van der Waals surface area contributed by atoms with Gasteiger partial charge in [0.25, 0.3) is 0 Å². The maximum absolute atomic E-state index is 6.67. The number of rotatable bonds is 6. The van der Waals surface area contributed by atoms with Gasteiger partial charge < -0.3 is 4.74 Å². The van der Waals surface area contributed by atoms with Gasteiger partial charge >= 0.3 is 0 Å². The minimum atomic E-state index is 0.00618. The van der Waals surface area contributed by atoms with E-state index in [-0.39, 0.29) is 5.54 Å². The second-order valence-corrected chi connectivity index (χ2v) is 9.94. The number of hydrogen-bond acceptors (Lipinski definition) is 3. The Hall–Kier alpha value is -1.84. The van der Waals surface area contributed by atoms with Crippen molar-refractivity contribution < 1.29 is 9.57 Å². The summed E-state index contributed by atoms with van der Waals surface area (Å²) in [6, 6.07) is 17.4. The summed E-state index contributed by atoms with van der Waals surface area (Å²) in [6.45, 7) is 6.56. The maximum atomic E-state index is 6.67. The lowest BCUT2D eigenvalue weighted by molar-refractivity contribution is -0.329. The highest BCUT2D eigenvalue weighted by molar-refractivity contribution is 5.44. The van der Waals surface area contributed by atoms with E-state index in [1.807, 2.05) is 0 Å². The molecule has 30 heavy (non-hydrogen) atoms. The molecule has 0 radical (unpaired) electrons. The van der Waals surface area contributed by atoms with Crippen LogP contribution < -0.4 is 4.74 Å². The van der Waals surface area contributed by atoms with Gasteiger partial charge in [-0.05, 0) is 78.2 Å². The molecule has 2 aliphatic heterocycles. The van der Waals surface area contributed by atoms with E-state index in [9.17, 15) is 0 Å². The first-order valence-electron chi connectivity index (χ1n) is 11.7. The molecule has 2 saturated heterocycles. The zero-order chi connectivity index (χ0) is 20.8. The third-order valence-corrected chi connectivity index (χ3v) is 8.35. The van der Waals surface area contributed by atoms with Crippen molar-refractivity contribution in [3.05, 3.63) is 65.2 Å². The van der Waals surface area contributed by atoms with Crippen molar-refractivity contribution in [1.29, 1.82) is 0 Å². The summed E-state index contributed by atoms with van der Waals surface area (Å²) in [5, 5.41) is 2.42. The van der Waals surface area contributed by atoms with Gasteiger partial charge in [0.05, 0.1) is 19.3 Å². The zero-order valence-electron chi connectivity index (χ0n) is 18.7. The van der Waals surface area contributed by atoms with Crippen LogP contribution >= 0.6 is 0 Å². The van der Waals surface area contributed by atoms with E-state index in [1.54, 1.807) is 7.11 Å². The summed E-state index contributed by atoms with van der Waals surface area (Å²) in [5.74, 6) is 2.42. The van der Waals surface area contributed by atoms with Crippen molar-refractivity contribution in [1.82, 2.24) is 5.06 Å². The number of hydrogen-bond donors (Lipinski definition) is 0. The van der Waals surface area contributed by atoms with E-state index in [1.165, 1.54) is 48.8 Å². The fraction of sp³-hybridized carbons (Fsp3) is 0.556. The monoisotopic (exact) mass is 405 g/mol. The Bertz CT molecular complexity index is 897. The predicted octanol–water partition coefficient (Wildman–Crippen LogP) is 6.12. The molecule has 2 aromatic rings. The Labute approximate surface area is 181 Å². The van der Waals surface area contributed by atoms with Crippen molar-refractivity contribution in [3.8, 4) is 5.75 Å². The summed E-state index contributed by atoms with van der Waals surface area (Å²) < 4.78 is 5.56. The molecule has 6 rings (SSSR count). The second-order valence-electron chi connectivity index (χ2n) is 9.94. The number of benzene rings is 2. The average Bonchev–Trinajstić information content (AvgIpc) is 2.78. The smallest absolute Gasteiger partial charge is 0.119 e. The van der Waals surface area contributed by atoms with Crippen LogP contribution in [0.25, 0.3) is 0 Å². The van der Waals surface area contributed by atoms with Gasteiger partial charge in [-0.2, -0.15) is 5.06 Å². The number of nitrogens with zero attached hydrogens (tertiary/aromatic N) is 1. The number of methoxy groups -OCH3 is 1. The van der Waals surface area contributed by atoms with E-state index >= 15 is 0 Å². The molecule has 1 saturated carbocycles. The number of hydroxylamine groups is 2. The number of fused-ring (bicyclic) bond motifs is 3. The molecule has 0 amide bonds. The molecule has 3 heteroatoms. The number of piperidine rings is 2. The molecule has 2 aromatic carbocycles. The van der Waals surface area contributed by atoms with Gasteiger partial charge in [0.1, 0.15) is 5.75 Å². The van der Waals surface area contributed by atoms with Crippen molar-refractivity contribution >= 4 is 0 Å². The Morgan fingerprint density at radius 3 is 2.70 bits per heavy atom. The Morgan fingerprint density at radius 2 is 1.93 bits per heavy atom. The average molecular weight is 406 g/mol. The van der Waals surface area contributed by atoms with Crippen molar-refractivity contribution in [2.45, 2.75) is 64.5 Å². The molecule has 0 unspecified atom stereocenters. The summed E-state index contributed by atoms with van der Waals surface area (Å²) in [5.41, 5.74) is 4.55. The molecule has 3 nitrogen and oxygen atoms in total. The molecule has 2 aliphatic carbocycles. The molecule has 4 aliphatic rings. The SMILES string of the molecule is CCC[C@H]1[C@@H]2CCc3cc(OC)ccc3[C@@]23CC[C@]1(C)CN3OCc1ccccc1. The molecule has 1 spiro atoms. The first kappa shape index (κ1) is 20.1. The quantitative estimate of drug-likeness (QED) is 0.578. The molecule has 0 N–H and O–H groups in total. The van der Waals surface area contributed by atoms with Crippen LogP contribution in [0.1, 0.15) is 62.6 Å². The van der Waals surface area contributed by atoms with Crippen molar-refractivity contribution in [3.63, 3.8) is 0 Å². The molecule has 3 fully saturated rings.